The molecule has 0 saturated heterocycles. The summed E-state index contributed by atoms with van der Waals surface area (Å²) in [5, 5.41) is 2.93. The number of rotatable bonds is 6. The molecule has 1 unspecified atom stereocenters. The summed E-state index contributed by atoms with van der Waals surface area (Å²) in [6, 6.07) is 20.8. The Morgan fingerprint density at radius 2 is 1.62 bits per heavy atom. The quantitative estimate of drug-likeness (QED) is 0.626. The molecule has 6 heteroatoms. The highest BCUT2D eigenvalue weighted by Gasteiger charge is 2.18. The zero-order valence-corrected chi connectivity index (χ0v) is 17.5. The fourth-order valence-corrected chi connectivity index (χ4v) is 4.25. The van der Waals surface area contributed by atoms with Crippen LogP contribution in [0.4, 0.5) is 5.69 Å². The van der Waals surface area contributed by atoms with Crippen LogP contribution in [-0.2, 0) is 10.0 Å². The summed E-state index contributed by atoms with van der Waals surface area (Å²) in [5.41, 5.74) is 3.82. The molecule has 29 heavy (non-hydrogen) atoms. The molecule has 0 aliphatic heterocycles. The maximum absolute atomic E-state index is 12.7. The number of aryl methyl sites for hydroxylation is 2. The van der Waals surface area contributed by atoms with Crippen LogP contribution < -0.4 is 10.0 Å². The first-order valence-corrected chi connectivity index (χ1v) is 10.8. The van der Waals surface area contributed by atoms with Crippen molar-refractivity contribution < 1.29 is 13.2 Å². The zero-order chi connectivity index (χ0) is 21.0. The Bertz CT molecular complexity index is 1140. The molecular formula is C23H24N2O3S. The average molecular weight is 409 g/mol. The van der Waals surface area contributed by atoms with Gasteiger partial charge in [-0.1, -0.05) is 42.5 Å². The third-order valence-electron chi connectivity index (χ3n) is 4.68. The number of amides is 1. The summed E-state index contributed by atoms with van der Waals surface area (Å²) in [4.78, 5) is 12.7. The van der Waals surface area contributed by atoms with Gasteiger partial charge >= 0.3 is 0 Å². The van der Waals surface area contributed by atoms with Crippen molar-refractivity contribution in [2.75, 3.05) is 4.72 Å². The lowest BCUT2D eigenvalue weighted by Gasteiger charge is -2.17. The molecular weight excluding hydrogens is 384 g/mol. The summed E-state index contributed by atoms with van der Waals surface area (Å²) in [5.74, 6) is -0.326. The molecule has 1 atom stereocenters. The molecule has 0 aliphatic rings. The van der Waals surface area contributed by atoms with Crippen molar-refractivity contribution in [2.24, 2.45) is 0 Å². The van der Waals surface area contributed by atoms with Crippen LogP contribution >= 0.6 is 0 Å². The van der Waals surface area contributed by atoms with Crippen molar-refractivity contribution >= 4 is 21.6 Å². The Morgan fingerprint density at radius 3 is 2.34 bits per heavy atom. The van der Waals surface area contributed by atoms with Crippen LogP contribution in [-0.4, -0.2) is 14.3 Å². The van der Waals surface area contributed by atoms with Crippen molar-refractivity contribution in [2.45, 2.75) is 31.7 Å². The predicted octanol–water partition coefficient (Wildman–Crippen LogP) is 4.60. The van der Waals surface area contributed by atoms with Crippen LogP contribution in [0.5, 0.6) is 0 Å². The highest BCUT2D eigenvalue weighted by atomic mass is 32.2. The van der Waals surface area contributed by atoms with Gasteiger partial charge in [0, 0.05) is 11.3 Å². The SMILES string of the molecule is Cc1cccc(NS(=O)(=O)c2cccc(C(=O)NC(C)c3ccccc3C)c2)c1. The number of hydrogen-bond donors (Lipinski definition) is 2. The van der Waals surface area contributed by atoms with E-state index < -0.39 is 10.0 Å². The normalized spacial score (nSPS) is 12.2. The minimum atomic E-state index is -3.80. The number of sulfonamides is 1. The summed E-state index contributed by atoms with van der Waals surface area (Å²) in [6.45, 7) is 5.78. The third-order valence-corrected chi connectivity index (χ3v) is 6.06. The van der Waals surface area contributed by atoms with Crippen LogP contribution in [0, 0.1) is 13.8 Å². The molecule has 1 amide bonds. The highest BCUT2D eigenvalue weighted by Crippen LogP contribution is 2.20. The Labute approximate surface area is 171 Å². The van der Waals surface area contributed by atoms with Crippen LogP contribution in [0.25, 0.3) is 0 Å². The Hall–Kier alpha value is -3.12. The van der Waals surface area contributed by atoms with Crippen molar-refractivity contribution in [3.05, 3.63) is 95.1 Å². The topological polar surface area (TPSA) is 75.3 Å². The standard InChI is InChI=1S/C23H24N2O3S/c1-16-8-6-11-20(14-16)25-29(27,28)21-12-7-10-19(15-21)23(26)24-18(3)22-13-5-4-9-17(22)2/h4-15,18,25H,1-3H3,(H,24,26). The lowest BCUT2D eigenvalue weighted by Crippen LogP contribution is -2.27. The second-order valence-corrected chi connectivity index (χ2v) is 8.74. The molecule has 0 heterocycles. The van der Waals surface area contributed by atoms with Gasteiger partial charge in [0.2, 0.25) is 0 Å². The van der Waals surface area contributed by atoms with Gasteiger partial charge < -0.3 is 5.32 Å². The van der Waals surface area contributed by atoms with E-state index in [0.29, 0.717) is 5.69 Å². The van der Waals surface area contributed by atoms with Gasteiger partial charge in [0.05, 0.1) is 10.9 Å². The van der Waals surface area contributed by atoms with Gasteiger partial charge in [-0.05, 0) is 67.8 Å². The van der Waals surface area contributed by atoms with Crippen LogP contribution in [0.3, 0.4) is 0 Å². The molecule has 0 spiro atoms. The molecule has 3 aromatic carbocycles. The number of anilines is 1. The Kier molecular flexibility index (Phi) is 6.03. The zero-order valence-electron chi connectivity index (χ0n) is 16.6. The number of hydrogen-bond acceptors (Lipinski definition) is 3. The van der Waals surface area contributed by atoms with E-state index in [1.165, 1.54) is 12.1 Å². The van der Waals surface area contributed by atoms with Crippen molar-refractivity contribution in [3.8, 4) is 0 Å². The molecule has 150 valence electrons. The molecule has 3 aromatic rings. The van der Waals surface area contributed by atoms with Crippen LogP contribution in [0.1, 0.15) is 40.0 Å². The van der Waals surface area contributed by atoms with E-state index in [2.05, 4.69) is 10.0 Å². The van der Waals surface area contributed by atoms with Gasteiger partial charge in [0.15, 0.2) is 0 Å². The second kappa shape index (κ2) is 8.49. The van der Waals surface area contributed by atoms with Gasteiger partial charge in [-0.2, -0.15) is 0 Å². The minimum Gasteiger partial charge on any atom is -0.346 e. The summed E-state index contributed by atoms with van der Waals surface area (Å²) >= 11 is 0. The van der Waals surface area contributed by atoms with Crippen molar-refractivity contribution in [1.82, 2.24) is 5.32 Å². The largest absolute Gasteiger partial charge is 0.346 e. The average Bonchev–Trinajstić information content (AvgIpc) is 2.68. The third kappa shape index (κ3) is 5.03. The van der Waals surface area contributed by atoms with Gasteiger partial charge in [-0.15, -0.1) is 0 Å². The number of benzene rings is 3. The molecule has 0 radical (unpaired) electrons. The number of carbonyl (C=O) groups is 1. The van der Waals surface area contributed by atoms with E-state index in [4.69, 9.17) is 0 Å². The minimum absolute atomic E-state index is 0.0372. The highest BCUT2D eigenvalue weighted by molar-refractivity contribution is 7.92. The van der Waals surface area contributed by atoms with Gasteiger partial charge in [-0.3, -0.25) is 9.52 Å². The molecule has 0 aromatic heterocycles. The molecule has 5 nitrogen and oxygen atoms in total. The molecule has 2 N–H and O–H groups in total. The summed E-state index contributed by atoms with van der Waals surface area (Å²) in [6.07, 6.45) is 0. The lowest BCUT2D eigenvalue weighted by molar-refractivity contribution is 0.0939. The van der Waals surface area contributed by atoms with E-state index in [9.17, 15) is 13.2 Å². The van der Waals surface area contributed by atoms with E-state index in [0.717, 1.165) is 16.7 Å². The van der Waals surface area contributed by atoms with E-state index in [-0.39, 0.29) is 22.4 Å². The summed E-state index contributed by atoms with van der Waals surface area (Å²) < 4.78 is 28.0. The Balaban J connectivity index is 1.79. The first-order valence-electron chi connectivity index (χ1n) is 9.32. The number of carbonyl (C=O) groups excluding carboxylic acids is 1. The van der Waals surface area contributed by atoms with Gasteiger partial charge in [-0.25, -0.2) is 8.42 Å². The van der Waals surface area contributed by atoms with Crippen LogP contribution in [0.2, 0.25) is 0 Å². The van der Waals surface area contributed by atoms with Crippen molar-refractivity contribution in [1.29, 1.82) is 0 Å². The first kappa shape index (κ1) is 20.6. The van der Waals surface area contributed by atoms with E-state index in [1.807, 2.05) is 51.1 Å². The Morgan fingerprint density at radius 1 is 0.897 bits per heavy atom. The van der Waals surface area contributed by atoms with E-state index >= 15 is 0 Å². The van der Waals surface area contributed by atoms with Crippen LogP contribution in [0.15, 0.2) is 77.7 Å². The fourth-order valence-electron chi connectivity index (χ4n) is 3.16. The van der Waals surface area contributed by atoms with Crippen molar-refractivity contribution in [3.63, 3.8) is 0 Å². The molecule has 3 rings (SSSR count). The molecule has 0 saturated carbocycles. The van der Waals surface area contributed by atoms with Gasteiger partial charge in [0.1, 0.15) is 0 Å². The molecule has 0 bridgehead atoms. The maximum atomic E-state index is 12.7. The smallest absolute Gasteiger partial charge is 0.261 e. The molecule has 0 aliphatic carbocycles. The fraction of sp³-hybridized carbons (Fsp3) is 0.174. The van der Waals surface area contributed by atoms with Gasteiger partial charge in [0.25, 0.3) is 15.9 Å². The lowest BCUT2D eigenvalue weighted by atomic mass is 10.0. The second-order valence-electron chi connectivity index (χ2n) is 7.05. The molecule has 0 fully saturated rings. The number of nitrogens with one attached hydrogen (secondary N) is 2. The first-order chi connectivity index (χ1) is 13.8. The summed E-state index contributed by atoms with van der Waals surface area (Å²) in [7, 11) is -3.80. The predicted molar refractivity (Wildman–Crippen MR) is 115 cm³/mol. The van der Waals surface area contributed by atoms with E-state index in [1.54, 1.807) is 30.3 Å². The maximum Gasteiger partial charge on any atom is 0.261 e. The monoisotopic (exact) mass is 408 g/mol.